The van der Waals surface area contributed by atoms with Gasteiger partial charge in [-0.25, -0.2) is 0 Å². The van der Waals surface area contributed by atoms with Gasteiger partial charge in [-0.1, -0.05) is 158 Å². The second-order valence-electron chi connectivity index (χ2n) is 12.8. The summed E-state index contributed by atoms with van der Waals surface area (Å²) < 4.78 is 49.4. The lowest BCUT2D eigenvalue weighted by Gasteiger charge is -2.18. The maximum absolute atomic E-state index is 8.88. The molecule has 9 rings (SSSR count). The maximum atomic E-state index is 8.88. The van der Waals surface area contributed by atoms with Crippen LogP contribution in [0.5, 0.6) is 0 Å². The molecule has 0 N–H and O–H groups in total. The van der Waals surface area contributed by atoms with Crippen molar-refractivity contribution in [3.8, 4) is 55.6 Å². The highest BCUT2D eigenvalue weighted by atomic mass is 16.3. The minimum Gasteiger partial charge on any atom is -0.456 e. The van der Waals surface area contributed by atoms with E-state index >= 15 is 0 Å². The quantitative estimate of drug-likeness (QED) is 0.154. The van der Waals surface area contributed by atoms with E-state index in [2.05, 4.69) is 97.1 Å². The normalized spacial score (nSPS) is 13.1. The molecule has 0 bridgehead atoms. The molecule has 0 unspecified atom stereocenters. The van der Waals surface area contributed by atoms with Crippen LogP contribution >= 0.6 is 0 Å². The molecule has 0 radical (unpaired) electrons. The Kier molecular flexibility index (Phi) is 6.81. The number of hydrogen-bond acceptors (Lipinski definition) is 1. The Morgan fingerprint density at radius 1 is 0.462 bits per heavy atom. The number of allylic oxidation sites excluding steroid dienone is 3. The van der Waals surface area contributed by atoms with Crippen LogP contribution in [-0.4, -0.2) is 0 Å². The van der Waals surface area contributed by atoms with E-state index in [1.54, 1.807) is 0 Å². The molecule has 8 aromatic carbocycles. The molecule has 0 spiro atoms. The highest BCUT2D eigenvalue weighted by Gasteiger charge is 2.20. The third-order valence-electron chi connectivity index (χ3n) is 9.67. The van der Waals surface area contributed by atoms with Gasteiger partial charge in [-0.15, -0.1) is 0 Å². The van der Waals surface area contributed by atoms with Gasteiger partial charge >= 0.3 is 0 Å². The molecule has 1 nitrogen and oxygen atoms in total. The van der Waals surface area contributed by atoms with Gasteiger partial charge in [-0.05, 0) is 121 Å². The number of benzene rings is 8. The van der Waals surface area contributed by atoms with E-state index in [1.807, 2.05) is 79.7 Å². The predicted molar refractivity (Wildman–Crippen MR) is 222 cm³/mol. The highest BCUT2D eigenvalue weighted by Crippen LogP contribution is 2.45. The summed E-state index contributed by atoms with van der Waals surface area (Å²) in [6.07, 6.45) is 8.21. The topological polar surface area (TPSA) is 13.1 Å². The first-order chi connectivity index (χ1) is 27.8. The minimum absolute atomic E-state index is 0.169. The Balaban J connectivity index is 1.35. The Morgan fingerprint density at radius 3 is 1.88 bits per heavy atom. The van der Waals surface area contributed by atoms with Crippen molar-refractivity contribution >= 4 is 38.8 Å². The fraction of sp³-hybridized carbons (Fsp3) is 0.0196. The van der Waals surface area contributed by atoms with Gasteiger partial charge in [0.2, 0.25) is 0 Å². The zero-order valence-electron chi connectivity index (χ0n) is 33.6. The van der Waals surface area contributed by atoms with Crippen LogP contribution in [0, 0.1) is 0 Å². The summed E-state index contributed by atoms with van der Waals surface area (Å²) in [6.45, 7) is 2.00. The van der Waals surface area contributed by atoms with Gasteiger partial charge in [0.25, 0.3) is 0 Å². The van der Waals surface area contributed by atoms with Crippen LogP contribution in [0.4, 0.5) is 0 Å². The third kappa shape index (κ3) is 5.73. The SMILES string of the molecule is [2H]c1c([2H])c([2H])c(-c2cc(-c3ccccc3)cc(-c3cc(/C=C\C=C/C)c(-c4cccc5oc6ccc(-c7ccccc7)cc6c45)c4ccccc34)c2)c([2H])c1[2H]. The Labute approximate surface area is 311 Å². The van der Waals surface area contributed by atoms with E-state index in [9.17, 15) is 0 Å². The number of fused-ring (bicyclic) bond motifs is 4. The molecule has 9 aromatic rings. The summed E-state index contributed by atoms with van der Waals surface area (Å²) in [7, 11) is 0. The van der Waals surface area contributed by atoms with Crippen molar-refractivity contribution in [2.75, 3.05) is 0 Å². The molecule has 0 saturated carbocycles. The van der Waals surface area contributed by atoms with Gasteiger partial charge in [0.1, 0.15) is 11.2 Å². The standard InChI is InChI=1S/C51H36O/c1-2-3-7-23-39-34-46(42-31-40(36-19-10-5-11-20-36)30-41(32-42)37-21-12-6-13-22-37)43-24-14-15-25-44(43)50(39)45-26-16-27-49-51(45)47-33-38(28-29-48(47)52-49)35-17-8-4-9-18-35/h2-34H,1H3/b3-2-,23-7-/i5D,10D,11D,19D,20D. The Morgan fingerprint density at radius 2 is 1.13 bits per heavy atom. The van der Waals surface area contributed by atoms with E-state index in [0.717, 1.165) is 82.8 Å². The second-order valence-corrected chi connectivity index (χ2v) is 12.8. The molecule has 52 heavy (non-hydrogen) atoms. The number of rotatable bonds is 7. The average molecular weight is 670 g/mol. The van der Waals surface area contributed by atoms with Crippen LogP contribution in [0.3, 0.4) is 0 Å². The van der Waals surface area contributed by atoms with Crippen molar-refractivity contribution in [3.05, 3.63) is 200 Å². The van der Waals surface area contributed by atoms with Crippen LogP contribution in [0.2, 0.25) is 0 Å². The smallest absolute Gasteiger partial charge is 0.136 e. The highest BCUT2D eigenvalue weighted by molar-refractivity contribution is 6.18. The molecule has 1 heterocycles. The Hall–Kier alpha value is -6.70. The first-order valence-corrected chi connectivity index (χ1v) is 17.5. The summed E-state index contributed by atoms with van der Waals surface area (Å²) in [5.74, 6) is 0. The predicted octanol–water partition coefficient (Wildman–Crippen LogP) is 14.7. The largest absolute Gasteiger partial charge is 0.456 e. The van der Waals surface area contributed by atoms with Crippen LogP contribution in [-0.2, 0) is 0 Å². The molecule has 0 fully saturated rings. The van der Waals surface area contributed by atoms with Crippen molar-refractivity contribution in [2.24, 2.45) is 0 Å². The lowest BCUT2D eigenvalue weighted by molar-refractivity contribution is 0.669. The van der Waals surface area contributed by atoms with Gasteiger partial charge in [0.15, 0.2) is 0 Å². The number of furan rings is 1. The van der Waals surface area contributed by atoms with Crippen LogP contribution in [0.15, 0.2) is 198 Å². The molecular formula is C51H36O. The third-order valence-corrected chi connectivity index (χ3v) is 9.67. The van der Waals surface area contributed by atoms with Gasteiger partial charge in [0, 0.05) is 10.8 Å². The van der Waals surface area contributed by atoms with Gasteiger partial charge in [-0.3, -0.25) is 0 Å². The zero-order chi connectivity index (χ0) is 39.2. The molecule has 0 aliphatic heterocycles. The molecule has 1 aromatic heterocycles. The summed E-state index contributed by atoms with van der Waals surface area (Å²) in [6, 6.07) is 48.0. The fourth-order valence-electron chi connectivity index (χ4n) is 7.30. The molecule has 0 amide bonds. The lowest BCUT2D eigenvalue weighted by atomic mass is 9.85. The summed E-state index contributed by atoms with van der Waals surface area (Å²) in [5.41, 5.74) is 11.4. The lowest BCUT2D eigenvalue weighted by Crippen LogP contribution is -1.93. The van der Waals surface area contributed by atoms with Crippen molar-refractivity contribution in [3.63, 3.8) is 0 Å². The van der Waals surface area contributed by atoms with Crippen LogP contribution in [0.25, 0.3) is 94.4 Å². The monoisotopic (exact) mass is 669 g/mol. The molecule has 0 saturated heterocycles. The Bertz CT molecular complexity index is 3040. The van der Waals surface area contributed by atoms with E-state index in [1.165, 1.54) is 0 Å². The van der Waals surface area contributed by atoms with Gasteiger partial charge in [-0.2, -0.15) is 0 Å². The maximum Gasteiger partial charge on any atom is 0.136 e. The van der Waals surface area contributed by atoms with E-state index in [4.69, 9.17) is 11.3 Å². The van der Waals surface area contributed by atoms with Crippen molar-refractivity contribution in [2.45, 2.75) is 6.92 Å². The average Bonchev–Trinajstić information content (AvgIpc) is 3.64. The van der Waals surface area contributed by atoms with Crippen LogP contribution < -0.4 is 0 Å². The first kappa shape index (κ1) is 26.2. The molecule has 0 atom stereocenters. The molecule has 0 aliphatic rings. The zero-order valence-corrected chi connectivity index (χ0v) is 28.6. The van der Waals surface area contributed by atoms with E-state index in [-0.39, 0.29) is 29.7 Å². The number of hydrogen-bond donors (Lipinski definition) is 0. The van der Waals surface area contributed by atoms with Crippen molar-refractivity contribution in [1.82, 2.24) is 0 Å². The van der Waals surface area contributed by atoms with Crippen LogP contribution in [0.1, 0.15) is 19.3 Å². The fourth-order valence-corrected chi connectivity index (χ4v) is 7.30. The van der Waals surface area contributed by atoms with Gasteiger partial charge in [0.05, 0.1) is 6.85 Å². The second kappa shape index (κ2) is 13.5. The molecule has 0 aliphatic carbocycles. The minimum atomic E-state index is -0.413. The van der Waals surface area contributed by atoms with E-state index < -0.39 is 6.04 Å². The van der Waals surface area contributed by atoms with E-state index in [0.29, 0.717) is 5.56 Å². The summed E-state index contributed by atoms with van der Waals surface area (Å²) in [4.78, 5) is 0. The van der Waals surface area contributed by atoms with Gasteiger partial charge < -0.3 is 4.42 Å². The van der Waals surface area contributed by atoms with Crippen molar-refractivity contribution < 1.29 is 11.3 Å². The molecule has 1 heteroatoms. The van der Waals surface area contributed by atoms with Crippen molar-refractivity contribution in [1.29, 1.82) is 0 Å². The first-order valence-electron chi connectivity index (χ1n) is 20.0. The molecular weight excluding hydrogens is 629 g/mol. The summed E-state index contributed by atoms with van der Waals surface area (Å²) >= 11 is 0. The summed E-state index contributed by atoms with van der Waals surface area (Å²) in [5, 5.41) is 4.14. The molecule has 246 valence electrons.